The van der Waals surface area contributed by atoms with Crippen LogP contribution in [0.4, 0.5) is 17.1 Å². The van der Waals surface area contributed by atoms with E-state index in [1.807, 2.05) is 36.1 Å². The van der Waals surface area contributed by atoms with Gasteiger partial charge < -0.3 is 14.7 Å². The summed E-state index contributed by atoms with van der Waals surface area (Å²) in [5, 5.41) is 0. The molecule has 2 aromatic rings. The first kappa shape index (κ1) is 23.5. The Hall–Kier alpha value is -3.19. The first-order valence-electron chi connectivity index (χ1n) is 12.6. The number of hydrogen-bond acceptors (Lipinski definition) is 4. The lowest BCUT2D eigenvalue weighted by molar-refractivity contribution is -0.137. The molecule has 5 rings (SSSR count). The Labute approximate surface area is 207 Å². The van der Waals surface area contributed by atoms with Crippen molar-refractivity contribution in [3.05, 3.63) is 53.6 Å². The highest BCUT2D eigenvalue weighted by molar-refractivity contribution is 6.19. The molecular weight excluding hydrogens is 440 g/mol. The van der Waals surface area contributed by atoms with Gasteiger partial charge in [0.15, 0.2) is 0 Å². The second kappa shape index (κ2) is 8.79. The summed E-state index contributed by atoms with van der Waals surface area (Å²) in [6.07, 6.45) is 2.33. The number of carbonyl (C=O) groups excluding carboxylic acids is 3. The van der Waals surface area contributed by atoms with Gasteiger partial charge in [0, 0.05) is 45.3 Å². The standard InChI is InChI=1S/C28H34N4O3/c1-5-31-23-12-10-19(16-24(23)29(4)26(34)28(2,3)27(31)35)17-30-15-14-21(18-30)32-22-9-7-6-8-20(22)11-13-25(32)33/h6-10,12,16,21H,5,11,13-15,17-18H2,1-4H3. The molecule has 3 amide bonds. The Balaban J connectivity index is 1.37. The van der Waals surface area contributed by atoms with Gasteiger partial charge in [-0.25, -0.2) is 0 Å². The molecule has 3 heterocycles. The van der Waals surface area contributed by atoms with Gasteiger partial charge in [-0.2, -0.15) is 0 Å². The summed E-state index contributed by atoms with van der Waals surface area (Å²) in [7, 11) is 1.75. The number of para-hydroxylation sites is 1. The van der Waals surface area contributed by atoms with E-state index in [1.165, 1.54) is 5.56 Å². The van der Waals surface area contributed by atoms with Crippen LogP contribution in [0.1, 0.15) is 44.7 Å². The molecule has 0 bridgehead atoms. The van der Waals surface area contributed by atoms with Gasteiger partial charge >= 0.3 is 0 Å². The highest BCUT2D eigenvalue weighted by Gasteiger charge is 2.45. The van der Waals surface area contributed by atoms with Crippen molar-refractivity contribution in [2.24, 2.45) is 5.41 Å². The zero-order valence-electron chi connectivity index (χ0n) is 21.1. The van der Waals surface area contributed by atoms with Crippen LogP contribution in [0.25, 0.3) is 0 Å². The van der Waals surface area contributed by atoms with Crippen molar-refractivity contribution in [1.29, 1.82) is 0 Å². The normalized spacial score (nSPS) is 22.3. The monoisotopic (exact) mass is 474 g/mol. The first-order chi connectivity index (χ1) is 16.7. The van der Waals surface area contributed by atoms with Crippen LogP contribution < -0.4 is 14.7 Å². The van der Waals surface area contributed by atoms with Crippen LogP contribution in [0.15, 0.2) is 42.5 Å². The molecule has 0 saturated carbocycles. The van der Waals surface area contributed by atoms with E-state index in [2.05, 4.69) is 23.1 Å². The summed E-state index contributed by atoms with van der Waals surface area (Å²) in [5.41, 5.74) is 3.84. The Morgan fingerprint density at radius 2 is 1.71 bits per heavy atom. The minimum atomic E-state index is -1.11. The average Bonchev–Trinajstić information content (AvgIpc) is 3.29. The van der Waals surface area contributed by atoms with E-state index in [-0.39, 0.29) is 23.8 Å². The highest BCUT2D eigenvalue weighted by Crippen LogP contribution is 2.39. The third kappa shape index (κ3) is 3.92. The molecule has 1 saturated heterocycles. The molecule has 1 unspecified atom stereocenters. The van der Waals surface area contributed by atoms with Gasteiger partial charge in [0.1, 0.15) is 5.41 Å². The maximum absolute atomic E-state index is 13.1. The molecule has 3 aliphatic heterocycles. The van der Waals surface area contributed by atoms with Crippen molar-refractivity contribution in [3.63, 3.8) is 0 Å². The van der Waals surface area contributed by atoms with Crippen molar-refractivity contribution in [1.82, 2.24) is 4.90 Å². The van der Waals surface area contributed by atoms with Gasteiger partial charge in [-0.15, -0.1) is 0 Å². The molecule has 0 N–H and O–H groups in total. The highest BCUT2D eigenvalue weighted by atomic mass is 16.2. The zero-order valence-corrected chi connectivity index (χ0v) is 21.1. The van der Waals surface area contributed by atoms with Crippen molar-refractivity contribution in [3.8, 4) is 0 Å². The van der Waals surface area contributed by atoms with Gasteiger partial charge in [0.05, 0.1) is 17.4 Å². The second-order valence-corrected chi connectivity index (χ2v) is 10.4. The number of nitrogens with zero attached hydrogens (tertiary/aromatic N) is 4. The molecule has 35 heavy (non-hydrogen) atoms. The Bertz CT molecular complexity index is 1190. The van der Waals surface area contributed by atoms with Crippen molar-refractivity contribution < 1.29 is 14.4 Å². The lowest BCUT2D eigenvalue weighted by Gasteiger charge is -2.34. The lowest BCUT2D eigenvalue weighted by Crippen LogP contribution is -2.47. The molecule has 7 heteroatoms. The number of hydrogen-bond donors (Lipinski definition) is 0. The molecule has 0 aliphatic carbocycles. The van der Waals surface area contributed by atoms with Gasteiger partial charge in [-0.05, 0) is 62.9 Å². The van der Waals surface area contributed by atoms with Crippen molar-refractivity contribution in [2.75, 3.05) is 41.4 Å². The maximum Gasteiger partial charge on any atom is 0.242 e. The van der Waals surface area contributed by atoms with E-state index < -0.39 is 5.41 Å². The number of fused-ring (bicyclic) bond motifs is 2. The smallest absolute Gasteiger partial charge is 0.242 e. The molecule has 0 radical (unpaired) electrons. The Kier molecular flexibility index (Phi) is 5.91. The zero-order chi connectivity index (χ0) is 24.9. The number of benzene rings is 2. The van der Waals surface area contributed by atoms with E-state index in [0.29, 0.717) is 13.0 Å². The van der Waals surface area contributed by atoms with Crippen LogP contribution in [-0.4, -0.2) is 55.3 Å². The third-order valence-corrected chi connectivity index (χ3v) is 7.77. The van der Waals surface area contributed by atoms with Gasteiger partial charge in [-0.3, -0.25) is 19.3 Å². The molecule has 7 nitrogen and oxygen atoms in total. The van der Waals surface area contributed by atoms with Crippen LogP contribution in [0.5, 0.6) is 0 Å². The SMILES string of the molecule is CCN1C(=O)C(C)(C)C(=O)N(C)c2cc(CN3CCC(N4C(=O)CCc5ccccc54)C3)ccc21. The molecule has 1 fully saturated rings. The van der Waals surface area contributed by atoms with E-state index in [1.54, 1.807) is 30.7 Å². The first-order valence-corrected chi connectivity index (χ1v) is 12.6. The quantitative estimate of drug-likeness (QED) is 0.636. The third-order valence-electron chi connectivity index (χ3n) is 7.77. The number of anilines is 3. The summed E-state index contributed by atoms with van der Waals surface area (Å²) in [6.45, 7) is 8.31. The van der Waals surface area contributed by atoms with E-state index in [0.717, 1.165) is 55.1 Å². The number of amides is 3. The average molecular weight is 475 g/mol. The minimum Gasteiger partial charge on any atom is -0.313 e. The van der Waals surface area contributed by atoms with Crippen LogP contribution in [-0.2, 0) is 27.3 Å². The topological polar surface area (TPSA) is 64.2 Å². The Morgan fingerprint density at radius 1 is 0.943 bits per heavy atom. The minimum absolute atomic E-state index is 0.169. The fourth-order valence-corrected chi connectivity index (χ4v) is 5.82. The molecule has 184 valence electrons. The summed E-state index contributed by atoms with van der Waals surface area (Å²) >= 11 is 0. The summed E-state index contributed by atoms with van der Waals surface area (Å²) in [6, 6.07) is 14.5. The van der Waals surface area contributed by atoms with Crippen molar-refractivity contribution >= 4 is 34.8 Å². The fraction of sp³-hybridized carbons (Fsp3) is 0.464. The van der Waals surface area contributed by atoms with E-state index in [9.17, 15) is 14.4 Å². The van der Waals surface area contributed by atoms with Crippen LogP contribution in [0.3, 0.4) is 0 Å². The largest absolute Gasteiger partial charge is 0.313 e. The predicted octanol–water partition coefficient (Wildman–Crippen LogP) is 3.60. The molecule has 2 aromatic carbocycles. The molecule has 0 spiro atoms. The lowest BCUT2D eigenvalue weighted by atomic mass is 9.90. The van der Waals surface area contributed by atoms with Gasteiger partial charge in [-0.1, -0.05) is 24.3 Å². The van der Waals surface area contributed by atoms with Crippen LogP contribution in [0, 0.1) is 5.41 Å². The molecule has 3 aliphatic rings. The second-order valence-electron chi connectivity index (χ2n) is 10.4. The number of likely N-dealkylation sites (tertiary alicyclic amines) is 1. The Morgan fingerprint density at radius 3 is 2.49 bits per heavy atom. The van der Waals surface area contributed by atoms with Crippen molar-refractivity contribution in [2.45, 2.75) is 52.6 Å². The predicted molar refractivity (Wildman–Crippen MR) is 138 cm³/mol. The van der Waals surface area contributed by atoms with E-state index in [4.69, 9.17) is 0 Å². The van der Waals surface area contributed by atoms with Crippen LogP contribution >= 0.6 is 0 Å². The van der Waals surface area contributed by atoms with E-state index >= 15 is 0 Å². The number of rotatable bonds is 4. The number of carbonyl (C=O) groups is 3. The van der Waals surface area contributed by atoms with Gasteiger partial charge in [0.25, 0.3) is 0 Å². The maximum atomic E-state index is 13.1. The fourth-order valence-electron chi connectivity index (χ4n) is 5.82. The van der Waals surface area contributed by atoms with Gasteiger partial charge in [0.2, 0.25) is 17.7 Å². The molecule has 1 atom stereocenters. The molecule has 0 aromatic heterocycles. The summed E-state index contributed by atoms with van der Waals surface area (Å²) in [5.74, 6) is -0.148. The molecular formula is C28H34N4O3. The van der Waals surface area contributed by atoms with Crippen LogP contribution in [0.2, 0.25) is 0 Å². The summed E-state index contributed by atoms with van der Waals surface area (Å²) in [4.78, 5) is 46.8. The number of aryl methyl sites for hydroxylation is 1. The summed E-state index contributed by atoms with van der Waals surface area (Å²) < 4.78 is 0.